The molecule has 1 N–H and O–H groups in total. The second-order valence-corrected chi connectivity index (χ2v) is 10.1. The Morgan fingerprint density at radius 1 is 1.03 bits per heavy atom. The first-order chi connectivity index (χ1) is 16.6. The number of carbonyl (C=O) groups excluding carboxylic acids is 3. The number of amides is 3. The molecule has 7 heteroatoms. The maximum atomic E-state index is 13.0. The lowest BCUT2D eigenvalue weighted by atomic mass is 10.0. The van der Waals surface area contributed by atoms with Crippen LogP contribution in [-0.2, 0) is 9.59 Å². The van der Waals surface area contributed by atoms with Gasteiger partial charge in [-0.25, -0.2) is 0 Å². The standard InChI is InChI=1S/C28H29N3O3S/c1-17(2)21-9-11-24(12-10-21)31-19(4)14-22(20(31)5)15-25-27(33)30(28(34)35-25)16-26(32)29-23-8-6-7-18(3)13-23/h6-15,17H,16H2,1-5H3,(H,29,32)/b25-15-. The topological polar surface area (TPSA) is 71.4 Å². The van der Waals surface area contributed by atoms with Crippen LogP contribution in [0.3, 0.4) is 0 Å². The van der Waals surface area contributed by atoms with Crippen LogP contribution in [0.5, 0.6) is 0 Å². The molecule has 0 atom stereocenters. The fourth-order valence-electron chi connectivity index (χ4n) is 4.18. The van der Waals surface area contributed by atoms with E-state index < -0.39 is 17.1 Å². The summed E-state index contributed by atoms with van der Waals surface area (Å²) in [6.45, 7) is 9.94. The van der Waals surface area contributed by atoms with Crippen molar-refractivity contribution < 1.29 is 14.4 Å². The van der Waals surface area contributed by atoms with Gasteiger partial charge in [0.2, 0.25) is 5.91 Å². The van der Waals surface area contributed by atoms with E-state index in [-0.39, 0.29) is 6.54 Å². The first-order valence-electron chi connectivity index (χ1n) is 11.5. The Morgan fingerprint density at radius 2 is 1.74 bits per heavy atom. The van der Waals surface area contributed by atoms with Gasteiger partial charge in [-0.3, -0.25) is 19.3 Å². The predicted octanol–water partition coefficient (Wildman–Crippen LogP) is 6.20. The molecule has 1 saturated heterocycles. The molecule has 0 radical (unpaired) electrons. The average molecular weight is 488 g/mol. The fraction of sp³-hybridized carbons (Fsp3) is 0.250. The zero-order chi connectivity index (χ0) is 25.3. The lowest BCUT2D eigenvalue weighted by molar-refractivity contribution is -0.127. The van der Waals surface area contributed by atoms with Crippen LogP contribution in [0.1, 0.15) is 47.8 Å². The zero-order valence-electron chi connectivity index (χ0n) is 20.6. The molecule has 0 aliphatic carbocycles. The molecule has 4 rings (SSSR count). The fourth-order valence-corrected chi connectivity index (χ4v) is 5.01. The summed E-state index contributed by atoms with van der Waals surface area (Å²) in [6, 6.07) is 17.8. The van der Waals surface area contributed by atoms with Gasteiger partial charge in [0.05, 0.1) is 4.91 Å². The quantitative estimate of drug-likeness (QED) is 0.420. The van der Waals surface area contributed by atoms with Crippen molar-refractivity contribution >= 4 is 40.6 Å². The molecule has 1 aliphatic rings. The van der Waals surface area contributed by atoms with E-state index in [1.807, 2.05) is 45.0 Å². The Bertz CT molecular complexity index is 1340. The summed E-state index contributed by atoms with van der Waals surface area (Å²) in [5, 5.41) is 2.30. The molecule has 35 heavy (non-hydrogen) atoms. The summed E-state index contributed by atoms with van der Waals surface area (Å²) in [5.74, 6) is -0.409. The molecule has 1 fully saturated rings. The van der Waals surface area contributed by atoms with Crippen LogP contribution in [0, 0.1) is 20.8 Å². The highest BCUT2D eigenvalue weighted by Crippen LogP contribution is 2.34. The number of nitrogens with zero attached hydrogens (tertiary/aromatic N) is 2. The normalized spacial score (nSPS) is 14.9. The Balaban J connectivity index is 1.52. The van der Waals surface area contributed by atoms with E-state index in [1.54, 1.807) is 12.1 Å². The molecule has 180 valence electrons. The van der Waals surface area contributed by atoms with E-state index in [9.17, 15) is 14.4 Å². The molecular weight excluding hydrogens is 458 g/mol. The highest BCUT2D eigenvalue weighted by Gasteiger charge is 2.36. The van der Waals surface area contributed by atoms with E-state index in [4.69, 9.17) is 0 Å². The van der Waals surface area contributed by atoms with Crippen LogP contribution in [0.2, 0.25) is 0 Å². The molecule has 6 nitrogen and oxygen atoms in total. The van der Waals surface area contributed by atoms with E-state index in [2.05, 4.69) is 48.0 Å². The van der Waals surface area contributed by atoms with Crippen molar-refractivity contribution in [2.45, 2.75) is 40.5 Å². The van der Waals surface area contributed by atoms with Gasteiger partial charge in [0.1, 0.15) is 6.54 Å². The van der Waals surface area contributed by atoms with Gasteiger partial charge in [0.15, 0.2) is 0 Å². The maximum absolute atomic E-state index is 13.0. The van der Waals surface area contributed by atoms with Crippen LogP contribution in [0.4, 0.5) is 10.5 Å². The average Bonchev–Trinajstić information content (AvgIpc) is 3.23. The van der Waals surface area contributed by atoms with Crippen molar-refractivity contribution in [2.24, 2.45) is 0 Å². The number of anilines is 1. The lowest BCUT2D eigenvalue weighted by Crippen LogP contribution is -2.36. The molecule has 3 amide bonds. The Hall–Kier alpha value is -3.58. The first-order valence-corrected chi connectivity index (χ1v) is 12.4. The number of rotatable bonds is 6. The van der Waals surface area contributed by atoms with Gasteiger partial charge >= 0.3 is 0 Å². The van der Waals surface area contributed by atoms with Crippen molar-refractivity contribution in [3.63, 3.8) is 0 Å². The number of hydrogen-bond acceptors (Lipinski definition) is 4. The zero-order valence-corrected chi connectivity index (χ0v) is 21.4. The SMILES string of the molecule is Cc1cccc(NC(=O)CN2C(=O)S/C(=C\c3cc(C)n(-c4ccc(C(C)C)cc4)c3C)C2=O)c1. The van der Waals surface area contributed by atoms with Crippen molar-refractivity contribution in [1.82, 2.24) is 9.47 Å². The largest absolute Gasteiger partial charge is 0.325 e. The van der Waals surface area contributed by atoms with Gasteiger partial charge in [-0.05, 0) is 91.5 Å². The number of imide groups is 1. The van der Waals surface area contributed by atoms with E-state index in [0.717, 1.165) is 44.9 Å². The number of nitrogens with one attached hydrogen (secondary N) is 1. The van der Waals surface area contributed by atoms with Crippen LogP contribution in [0.15, 0.2) is 59.5 Å². The van der Waals surface area contributed by atoms with Gasteiger partial charge < -0.3 is 9.88 Å². The molecule has 0 unspecified atom stereocenters. The van der Waals surface area contributed by atoms with Gasteiger partial charge in [-0.1, -0.05) is 38.1 Å². The molecule has 2 heterocycles. The Labute approximate surface area is 210 Å². The van der Waals surface area contributed by atoms with Gasteiger partial charge in [0, 0.05) is 22.8 Å². The van der Waals surface area contributed by atoms with Gasteiger partial charge in [-0.15, -0.1) is 0 Å². The minimum atomic E-state index is -0.453. The second-order valence-electron chi connectivity index (χ2n) is 9.09. The molecule has 1 aromatic heterocycles. The van der Waals surface area contributed by atoms with Crippen LogP contribution in [0.25, 0.3) is 11.8 Å². The molecular formula is C28H29N3O3S. The smallest absolute Gasteiger partial charge is 0.294 e. The first kappa shape index (κ1) is 24.5. The van der Waals surface area contributed by atoms with E-state index in [1.165, 1.54) is 5.56 Å². The van der Waals surface area contributed by atoms with Crippen molar-refractivity contribution in [3.8, 4) is 5.69 Å². The van der Waals surface area contributed by atoms with Crippen LogP contribution in [-0.4, -0.2) is 33.1 Å². The maximum Gasteiger partial charge on any atom is 0.294 e. The second kappa shape index (κ2) is 9.96. The number of aryl methyl sites for hydroxylation is 2. The summed E-state index contributed by atoms with van der Waals surface area (Å²) in [5.41, 5.74) is 6.83. The van der Waals surface area contributed by atoms with Gasteiger partial charge in [0.25, 0.3) is 11.1 Å². The lowest BCUT2D eigenvalue weighted by Gasteiger charge is -2.13. The molecule has 3 aromatic rings. The highest BCUT2D eigenvalue weighted by molar-refractivity contribution is 8.18. The number of benzene rings is 2. The minimum absolute atomic E-state index is 0.314. The number of thioether (sulfide) groups is 1. The molecule has 1 aliphatic heterocycles. The summed E-state index contributed by atoms with van der Waals surface area (Å²) in [7, 11) is 0. The number of carbonyl (C=O) groups is 3. The van der Waals surface area contributed by atoms with Gasteiger partial charge in [-0.2, -0.15) is 0 Å². The number of hydrogen-bond donors (Lipinski definition) is 1. The molecule has 0 saturated carbocycles. The van der Waals surface area contributed by atoms with Crippen LogP contribution < -0.4 is 5.32 Å². The Morgan fingerprint density at radius 3 is 2.40 bits per heavy atom. The summed E-state index contributed by atoms with van der Waals surface area (Å²) < 4.78 is 2.13. The summed E-state index contributed by atoms with van der Waals surface area (Å²) >= 11 is 0.861. The third-order valence-corrected chi connectivity index (χ3v) is 6.96. The molecule has 0 bridgehead atoms. The van der Waals surface area contributed by atoms with Crippen molar-refractivity contribution in [3.05, 3.63) is 87.6 Å². The third kappa shape index (κ3) is 5.25. The molecule has 0 spiro atoms. The Kier molecular flexibility index (Phi) is 6.98. The summed E-state index contributed by atoms with van der Waals surface area (Å²) in [6.07, 6.45) is 1.74. The van der Waals surface area contributed by atoms with E-state index in [0.29, 0.717) is 16.5 Å². The minimum Gasteiger partial charge on any atom is -0.325 e. The monoisotopic (exact) mass is 487 g/mol. The van der Waals surface area contributed by atoms with Crippen LogP contribution >= 0.6 is 11.8 Å². The van der Waals surface area contributed by atoms with E-state index >= 15 is 0 Å². The number of aromatic nitrogens is 1. The van der Waals surface area contributed by atoms with Crippen molar-refractivity contribution in [1.29, 1.82) is 0 Å². The summed E-state index contributed by atoms with van der Waals surface area (Å²) in [4.78, 5) is 39.3. The predicted molar refractivity (Wildman–Crippen MR) is 142 cm³/mol. The molecule has 2 aromatic carbocycles. The third-order valence-electron chi connectivity index (χ3n) is 6.05. The highest BCUT2D eigenvalue weighted by atomic mass is 32.2. The van der Waals surface area contributed by atoms with Crippen molar-refractivity contribution in [2.75, 3.05) is 11.9 Å².